The molecule has 0 bridgehead atoms. The van der Waals surface area contributed by atoms with Gasteiger partial charge in [0, 0.05) is 18.7 Å². The minimum atomic E-state index is -0.731. The van der Waals surface area contributed by atoms with Crippen molar-refractivity contribution in [2.24, 2.45) is 0 Å². The van der Waals surface area contributed by atoms with Crippen molar-refractivity contribution in [1.29, 1.82) is 0 Å². The second-order valence-corrected chi connectivity index (χ2v) is 9.94. The number of hydrogen-bond donors (Lipinski definition) is 1. The van der Waals surface area contributed by atoms with Crippen molar-refractivity contribution < 1.29 is 24.2 Å². The molecule has 1 fully saturated rings. The number of rotatable bonds is 13. The van der Waals surface area contributed by atoms with E-state index in [9.17, 15) is 14.7 Å². The molecule has 0 aliphatic carbocycles. The Hall–Kier alpha value is -4.36. The molecule has 214 valence electrons. The molecule has 1 N–H and O–H groups in total. The van der Waals surface area contributed by atoms with Gasteiger partial charge in [0.05, 0.1) is 11.6 Å². The maximum atomic E-state index is 13.4. The van der Waals surface area contributed by atoms with E-state index in [1.807, 2.05) is 61.5 Å². The summed E-state index contributed by atoms with van der Waals surface area (Å²) in [5, 5.41) is 11.5. The number of aliphatic hydroxyl groups is 1. The third-order valence-corrected chi connectivity index (χ3v) is 7.34. The van der Waals surface area contributed by atoms with Crippen molar-refractivity contribution >= 4 is 17.4 Å². The largest absolute Gasteiger partial charge is 0.507 e. The van der Waals surface area contributed by atoms with Crippen LogP contribution >= 0.6 is 0 Å². The number of carbonyl (C=O) groups is 2. The van der Waals surface area contributed by atoms with Gasteiger partial charge in [-0.05, 0) is 67.0 Å². The molecule has 1 saturated heterocycles. The van der Waals surface area contributed by atoms with E-state index in [0.29, 0.717) is 43.4 Å². The number of likely N-dealkylation sites (tertiary alicyclic amines) is 1. The van der Waals surface area contributed by atoms with Crippen molar-refractivity contribution in [1.82, 2.24) is 9.80 Å². The topological polar surface area (TPSA) is 79.3 Å². The lowest BCUT2D eigenvalue weighted by atomic mass is 9.94. The molecule has 1 unspecified atom stereocenters. The monoisotopic (exact) mass is 554 g/mol. The molecular weight excluding hydrogens is 516 g/mol. The van der Waals surface area contributed by atoms with E-state index in [1.165, 1.54) is 0 Å². The summed E-state index contributed by atoms with van der Waals surface area (Å²) >= 11 is 0. The molecule has 0 radical (unpaired) electrons. The second kappa shape index (κ2) is 13.8. The average molecular weight is 555 g/mol. The molecule has 3 aromatic carbocycles. The minimum Gasteiger partial charge on any atom is -0.507 e. The van der Waals surface area contributed by atoms with Crippen LogP contribution in [0.15, 0.2) is 91.0 Å². The number of carbonyl (C=O) groups excluding carboxylic acids is 2. The first kappa shape index (κ1) is 29.6. The molecule has 1 atom stereocenters. The summed E-state index contributed by atoms with van der Waals surface area (Å²) in [4.78, 5) is 30.5. The van der Waals surface area contributed by atoms with Crippen LogP contribution in [0.3, 0.4) is 0 Å². The van der Waals surface area contributed by atoms with Gasteiger partial charge in [0.2, 0.25) is 0 Å². The molecule has 4 rings (SSSR count). The van der Waals surface area contributed by atoms with E-state index in [4.69, 9.17) is 9.47 Å². The lowest BCUT2D eigenvalue weighted by Crippen LogP contribution is -2.38. The van der Waals surface area contributed by atoms with Crippen LogP contribution in [0, 0.1) is 6.92 Å². The molecule has 1 aliphatic heterocycles. The average Bonchev–Trinajstić information content (AvgIpc) is 3.25. The summed E-state index contributed by atoms with van der Waals surface area (Å²) in [5.74, 6) is -0.189. The van der Waals surface area contributed by atoms with Gasteiger partial charge in [-0.1, -0.05) is 69.0 Å². The standard InChI is InChI=1S/C34H38N2O5/c1-5-21-40-29-18-15-27(22-24(29)4)32(37)30-31(36(34(39)33(30)38)20-19-35(6-2)7-3)26-13-16-28(17-14-26)41-23-25-11-9-8-10-12-25/h5,8-18,22,31,37H,1,6-7,19-21,23H2,2-4H3. The Morgan fingerprint density at radius 3 is 2.34 bits per heavy atom. The molecular formula is C34H38N2O5. The zero-order chi connectivity index (χ0) is 29.4. The maximum absolute atomic E-state index is 13.4. The van der Waals surface area contributed by atoms with Gasteiger partial charge in [-0.15, -0.1) is 0 Å². The van der Waals surface area contributed by atoms with Crippen molar-refractivity contribution in [2.45, 2.75) is 33.4 Å². The Kier molecular flexibility index (Phi) is 9.98. The van der Waals surface area contributed by atoms with Crippen molar-refractivity contribution in [3.05, 3.63) is 113 Å². The summed E-state index contributed by atoms with van der Waals surface area (Å²) in [6.07, 6.45) is 1.66. The van der Waals surface area contributed by atoms with E-state index >= 15 is 0 Å². The molecule has 0 spiro atoms. The lowest BCUT2D eigenvalue weighted by Gasteiger charge is -2.28. The van der Waals surface area contributed by atoms with Crippen LogP contribution in [-0.2, 0) is 16.2 Å². The van der Waals surface area contributed by atoms with E-state index in [2.05, 4.69) is 25.3 Å². The van der Waals surface area contributed by atoms with Gasteiger partial charge in [-0.25, -0.2) is 0 Å². The first-order chi connectivity index (χ1) is 19.9. The minimum absolute atomic E-state index is 0.0756. The fourth-order valence-electron chi connectivity index (χ4n) is 5.00. The first-order valence-electron chi connectivity index (χ1n) is 14.0. The molecule has 7 nitrogen and oxygen atoms in total. The third kappa shape index (κ3) is 6.87. The van der Waals surface area contributed by atoms with Crippen molar-refractivity contribution in [3.63, 3.8) is 0 Å². The third-order valence-electron chi connectivity index (χ3n) is 7.34. The number of likely N-dealkylation sites (N-methyl/N-ethyl adjacent to an activating group) is 1. The van der Waals surface area contributed by atoms with Crippen LogP contribution in [0.5, 0.6) is 11.5 Å². The summed E-state index contributed by atoms with van der Waals surface area (Å²) in [7, 11) is 0. The molecule has 1 amide bonds. The molecule has 1 heterocycles. The van der Waals surface area contributed by atoms with Gasteiger partial charge < -0.3 is 24.4 Å². The van der Waals surface area contributed by atoms with Crippen LogP contribution in [0.2, 0.25) is 0 Å². The number of Topliss-reactive ketones (excluding diaryl/α,β-unsaturated/α-hetero) is 1. The number of aryl methyl sites for hydroxylation is 1. The lowest BCUT2D eigenvalue weighted by molar-refractivity contribution is -0.140. The van der Waals surface area contributed by atoms with Gasteiger partial charge in [0.1, 0.15) is 30.5 Å². The quantitative estimate of drug-likeness (QED) is 0.123. The highest BCUT2D eigenvalue weighted by Crippen LogP contribution is 2.40. The predicted molar refractivity (Wildman–Crippen MR) is 161 cm³/mol. The molecule has 0 saturated carbocycles. The maximum Gasteiger partial charge on any atom is 0.295 e. The van der Waals surface area contributed by atoms with E-state index < -0.39 is 17.7 Å². The number of ether oxygens (including phenoxy) is 2. The Morgan fingerprint density at radius 1 is 1.00 bits per heavy atom. The smallest absolute Gasteiger partial charge is 0.295 e. The first-order valence-corrected chi connectivity index (χ1v) is 14.0. The molecule has 1 aliphatic rings. The van der Waals surface area contributed by atoms with Crippen LogP contribution in [0.25, 0.3) is 5.76 Å². The van der Waals surface area contributed by atoms with Gasteiger partial charge in [-0.2, -0.15) is 0 Å². The Bertz CT molecular complexity index is 1390. The fraction of sp³-hybridized carbons (Fsp3) is 0.294. The van der Waals surface area contributed by atoms with Crippen molar-refractivity contribution in [3.8, 4) is 11.5 Å². The number of ketones is 1. The fourth-order valence-corrected chi connectivity index (χ4v) is 5.00. The van der Waals surface area contributed by atoms with Crippen LogP contribution in [-0.4, -0.2) is 59.4 Å². The molecule has 0 aromatic heterocycles. The summed E-state index contributed by atoms with van der Waals surface area (Å²) < 4.78 is 11.6. The molecule has 41 heavy (non-hydrogen) atoms. The van der Waals surface area contributed by atoms with Gasteiger partial charge in [0.25, 0.3) is 11.7 Å². The Labute approximate surface area is 242 Å². The molecule has 3 aromatic rings. The van der Waals surface area contributed by atoms with E-state index in [-0.39, 0.29) is 11.3 Å². The number of hydrogen-bond acceptors (Lipinski definition) is 6. The highest BCUT2D eigenvalue weighted by atomic mass is 16.5. The number of nitrogens with zero attached hydrogens (tertiary/aromatic N) is 2. The summed E-state index contributed by atoms with van der Waals surface area (Å²) in [6, 6.07) is 21.7. The normalized spacial score (nSPS) is 16.3. The van der Waals surface area contributed by atoms with Gasteiger partial charge in [-0.3, -0.25) is 9.59 Å². The van der Waals surface area contributed by atoms with Gasteiger partial charge >= 0.3 is 0 Å². The Morgan fingerprint density at radius 2 is 1.71 bits per heavy atom. The zero-order valence-corrected chi connectivity index (χ0v) is 24.0. The second-order valence-electron chi connectivity index (χ2n) is 9.94. The highest BCUT2D eigenvalue weighted by molar-refractivity contribution is 6.46. The van der Waals surface area contributed by atoms with Crippen LogP contribution in [0.1, 0.15) is 42.1 Å². The van der Waals surface area contributed by atoms with E-state index in [0.717, 1.165) is 29.8 Å². The predicted octanol–water partition coefficient (Wildman–Crippen LogP) is 5.90. The van der Waals surface area contributed by atoms with Crippen molar-refractivity contribution in [2.75, 3.05) is 32.8 Å². The SMILES string of the molecule is C=CCOc1ccc(C(O)=C2C(=O)C(=O)N(CCN(CC)CC)C2c2ccc(OCc3ccccc3)cc2)cc1C. The van der Waals surface area contributed by atoms with Gasteiger partial charge in [0.15, 0.2) is 0 Å². The van der Waals surface area contributed by atoms with Crippen LogP contribution < -0.4 is 9.47 Å². The summed E-state index contributed by atoms with van der Waals surface area (Å²) in [6.45, 7) is 13.1. The number of amides is 1. The number of aliphatic hydroxyl groups excluding tert-OH is 1. The Balaban J connectivity index is 1.69. The highest BCUT2D eigenvalue weighted by Gasteiger charge is 2.46. The van der Waals surface area contributed by atoms with E-state index in [1.54, 1.807) is 29.2 Å². The molecule has 7 heteroatoms. The zero-order valence-electron chi connectivity index (χ0n) is 24.0. The summed E-state index contributed by atoms with van der Waals surface area (Å²) in [5.41, 5.74) is 3.09. The number of benzene rings is 3. The van der Waals surface area contributed by atoms with Crippen LogP contribution in [0.4, 0.5) is 0 Å².